The van der Waals surface area contributed by atoms with E-state index in [9.17, 15) is 9.59 Å². The Hall–Kier alpha value is -2.24. The fourth-order valence-electron chi connectivity index (χ4n) is 2.29. The van der Waals surface area contributed by atoms with Crippen LogP contribution in [0, 0.1) is 5.41 Å². The molecule has 132 valence electrons. The van der Waals surface area contributed by atoms with E-state index < -0.39 is 5.41 Å². The molecular weight excluding hydrogens is 308 g/mol. The largest absolute Gasteiger partial charge is 0.486 e. The Bertz CT molecular complexity index is 608. The van der Waals surface area contributed by atoms with Crippen molar-refractivity contribution in [2.24, 2.45) is 5.41 Å². The van der Waals surface area contributed by atoms with E-state index in [1.807, 2.05) is 39.0 Å². The highest BCUT2D eigenvalue weighted by Crippen LogP contribution is 2.31. The molecule has 0 bridgehead atoms. The number of carbonyl (C=O) groups is 2. The van der Waals surface area contributed by atoms with Crippen LogP contribution in [0.25, 0.3) is 0 Å². The van der Waals surface area contributed by atoms with Crippen LogP contribution in [-0.2, 0) is 16.1 Å². The van der Waals surface area contributed by atoms with Crippen molar-refractivity contribution in [1.29, 1.82) is 0 Å². The van der Waals surface area contributed by atoms with Gasteiger partial charge in [0.1, 0.15) is 13.2 Å². The summed E-state index contributed by atoms with van der Waals surface area (Å²) < 4.78 is 11.0. The predicted molar refractivity (Wildman–Crippen MR) is 91.0 cm³/mol. The molecule has 0 aromatic heterocycles. The van der Waals surface area contributed by atoms with Gasteiger partial charge in [-0.3, -0.25) is 9.59 Å². The van der Waals surface area contributed by atoms with Gasteiger partial charge >= 0.3 is 0 Å². The Kier molecular flexibility index (Phi) is 5.70. The molecule has 1 aliphatic rings. The van der Waals surface area contributed by atoms with E-state index >= 15 is 0 Å². The van der Waals surface area contributed by atoms with Crippen LogP contribution in [0.3, 0.4) is 0 Å². The van der Waals surface area contributed by atoms with Crippen molar-refractivity contribution in [1.82, 2.24) is 10.2 Å². The second-order valence-corrected chi connectivity index (χ2v) is 6.98. The van der Waals surface area contributed by atoms with E-state index in [0.29, 0.717) is 26.3 Å². The summed E-state index contributed by atoms with van der Waals surface area (Å²) in [5.74, 6) is 1.39. The molecule has 2 amide bonds. The molecule has 6 nitrogen and oxygen atoms in total. The number of nitrogens with zero attached hydrogens (tertiary/aromatic N) is 1. The summed E-state index contributed by atoms with van der Waals surface area (Å²) in [6, 6.07) is 5.70. The third kappa shape index (κ3) is 4.88. The first kappa shape index (κ1) is 18.1. The van der Waals surface area contributed by atoms with Crippen molar-refractivity contribution in [3.8, 4) is 11.5 Å². The topological polar surface area (TPSA) is 67.9 Å². The SMILES string of the molecule is CN(Cc1ccc2c(c1)OCCO2)C(=O)CCNC(=O)C(C)(C)C. The Morgan fingerprint density at radius 2 is 1.83 bits per heavy atom. The van der Waals surface area contributed by atoms with Crippen molar-refractivity contribution in [3.63, 3.8) is 0 Å². The molecule has 0 spiro atoms. The molecule has 2 rings (SSSR count). The summed E-state index contributed by atoms with van der Waals surface area (Å²) in [5, 5.41) is 2.79. The molecular formula is C18H26N2O4. The zero-order valence-corrected chi connectivity index (χ0v) is 14.8. The number of nitrogens with one attached hydrogen (secondary N) is 1. The minimum Gasteiger partial charge on any atom is -0.486 e. The molecule has 1 aromatic carbocycles. The molecule has 0 saturated heterocycles. The highest BCUT2D eigenvalue weighted by atomic mass is 16.6. The van der Waals surface area contributed by atoms with E-state index in [-0.39, 0.29) is 18.2 Å². The Labute approximate surface area is 143 Å². The maximum Gasteiger partial charge on any atom is 0.225 e. The predicted octanol–water partition coefficient (Wildman–Crippen LogP) is 1.97. The Morgan fingerprint density at radius 3 is 2.50 bits per heavy atom. The van der Waals surface area contributed by atoms with Crippen LogP contribution < -0.4 is 14.8 Å². The van der Waals surface area contributed by atoms with E-state index in [1.165, 1.54) is 0 Å². The summed E-state index contributed by atoms with van der Waals surface area (Å²) in [4.78, 5) is 25.6. The van der Waals surface area contributed by atoms with Crippen molar-refractivity contribution in [3.05, 3.63) is 23.8 Å². The van der Waals surface area contributed by atoms with Crippen LogP contribution in [0.4, 0.5) is 0 Å². The number of fused-ring (bicyclic) bond motifs is 1. The molecule has 6 heteroatoms. The third-order valence-corrected chi connectivity index (χ3v) is 3.76. The van der Waals surface area contributed by atoms with Crippen molar-refractivity contribution < 1.29 is 19.1 Å². The number of ether oxygens (including phenoxy) is 2. The summed E-state index contributed by atoms with van der Waals surface area (Å²) in [7, 11) is 1.75. The first-order valence-electron chi connectivity index (χ1n) is 8.18. The Morgan fingerprint density at radius 1 is 1.17 bits per heavy atom. The smallest absolute Gasteiger partial charge is 0.225 e. The van der Waals surface area contributed by atoms with Gasteiger partial charge in [-0.15, -0.1) is 0 Å². The number of benzene rings is 1. The zero-order chi connectivity index (χ0) is 17.7. The van der Waals surface area contributed by atoms with Crippen LogP contribution in [-0.4, -0.2) is 43.5 Å². The molecule has 0 saturated carbocycles. The van der Waals surface area contributed by atoms with Crippen molar-refractivity contribution in [2.75, 3.05) is 26.8 Å². The number of rotatable bonds is 5. The van der Waals surface area contributed by atoms with Crippen LogP contribution in [0.15, 0.2) is 18.2 Å². The molecule has 1 aliphatic heterocycles. The average molecular weight is 334 g/mol. The van der Waals surface area contributed by atoms with Gasteiger partial charge in [-0.1, -0.05) is 26.8 Å². The molecule has 0 aliphatic carbocycles. The average Bonchev–Trinajstić information content (AvgIpc) is 2.53. The quantitative estimate of drug-likeness (QED) is 0.894. The maximum absolute atomic E-state index is 12.2. The van der Waals surface area contributed by atoms with Crippen LogP contribution in [0.1, 0.15) is 32.8 Å². The van der Waals surface area contributed by atoms with Gasteiger partial charge in [0.2, 0.25) is 11.8 Å². The lowest BCUT2D eigenvalue weighted by Gasteiger charge is -2.22. The Balaban J connectivity index is 1.82. The molecule has 1 heterocycles. The summed E-state index contributed by atoms with van der Waals surface area (Å²) in [6.07, 6.45) is 0.281. The molecule has 0 radical (unpaired) electrons. The first-order chi connectivity index (χ1) is 11.3. The van der Waals surface area contributed by atoms with Gasteiger partial charge in [-0.05, 0) is 17.7 Å². The molecule has 1 aromatic rings. The highest BCUT2D eigenvalue weighted by Gasteiger charge is 2.21. The molecule has 24 heavy (non-hydrogen) atoms. The third-order valence-electron chi connectivity index (χ3n) is 3.76. The second-order valence-electron chi connectivity index (χ2n) is 6.98. The van der Waals surface area contributed by atoms with Gasteiger partial charge in [-0.2, -0.15) is 0 Å². The van der Waals surface area contributed by atoms with Crippen molar-refractivity contribution in [2.45, 2.75) is 33.7 Å². The molecule has 1 N–H and O–H groups in total. The van der Waals surface area contributed by atoms with Crippen LogP contribution in [0.2, 0.25) is 0 Å². The summed E-state index contributed by atoms with van der Waals surface area (Å²) in [5.41, 5.74) is 0.536. The van der Waals surface area contributed by atoms with E-state index in [4.69, 9.17) is 9.47 Å². The van der Waals surface area contributed by atoms with Gasteiger partial charge in [0.05, 0.1) is 0 Å². The first-order valence-corrected chi connectivity index (χ1v) is 8.18. The highest BCUT2D eigenvalue weighted by molar-refractivity contribution is 5.82. The van der Waals surface area contributed by atoms with E-state index in [1.54, 1.807) is 11.9 Å². The lowest BCUT2D eigenvalue weighted by Crippen LogP contribution is -2.37. The number of hydrogen-bond donors (Lipinski definition) is 1. The molecule has 0 unspecified atom stereocenters. The number of hydrogen-bond acceptors (Lipinski definition) is 4. The summed E-state index contributed by atoms with van der Waals surface area (Å²) >= 11 is 0. The summed E-state index contributed by atoms with van der Waals surface area (Å²) in [6.45, 7) is 7.47. The van der Waals surface area contributed by atoms with Gasteiger partial charge in [0.15, 0.2) is 11.5 Å². The van der Waals surface area contributed by atoms with E-state index in [2.05, 4.69) is 5.32 Å². The van der Waals surface area contributed by atoms with E-state index in [0.717, 1.165) is 17.1 Å². The zero-order valence-electron chi connectivity index (χ0n) is 14.8. The number of carbonyl (C=O) groups excluding carboxylic acids is 2. The lowest BCUT2D eigenvalue weighted by atomic mass is 9.96. The van der Waals surface area contributed by atoms with Gasteiger partial charge in [-0.25, -0.2) is 0 Å². The maximum atomic E-state index is 12.2. The monoisotopic (exact) mass is 334 g/mol. The second kappa shape index (κ2) is 7.55. The van der Waals surface area contributed by atoms with Crippen LogP contribution in [0.5, 0.6) is 11.5 Å². The molecule has 0 atom stereocenters. The standard InChI is InChI=1S/C18H26N2O4/c1-18(2,3)17(22)19-8-7-16(21)20(4)12-13-5-6-14-15(11-13)24-10-9-23-14/h5-6,11H,7-10,12H2,1-4H3,(H,19,22). The normalized spacial score (nSPS) is 13.3. The fourth-order valence-corrected chi connectivity index (χ4v) is 2.29. The van der Waals surface area contributed by atoms with Gasteiger partial charge < -0.3 is 19.7 Å². The van der Waals surface area contributed by atoms with Crippen molar-refractivity contribution >= 4 is 11.8 Å². The van der Waals surface area contributed by atoms with Gasteiger partial charge in [0.25, 0.3) is 0 Å². The van der Waals surface area contributed by atoms with Gasteiger partial charge in [0, 0.05) is 32.0 Å². The van der Waals surface area contributed by atoms with Crippen LogP contribution >= 0.6 is 0 Å². The molecule has 0 fully saturated rings. The lowest BCUT2D eigenvalue weighted by molar-refractivity contribution is -0.131. The minimum absolute atomic E-state index is 0.0147. The minimum atomic E-state index is -0.444. The fraction of sp³-hybridized carbons (Fsp3) is 0.556. The number of amides is 2.